The highest BCUT2D eigenvalue weighted by atomic mass is 19.1. The number of benzene rings is 2. The predicted octanol–water partition coefficient (Wildman–Crippen LogP) is 3.47. The largest absolute Gasteiger partial charge is 0.372 e. The Morgan fingerprint density at radius 1 is 1.05 bits per heavy atom. The maximum Gasteiger partial charge on any atom is 0.123 e. The lowest BCUT2D eigenvalue weighted by atomic mass is 9.96. The first-order valence-electron chi connectivity index (χ1n) is 6.87. The number of halogens is 1. The molecule has 0 saturated heterocycles. The number of hydrogen-bond donors (Lipinski definition) is 1. The topological polar surface area (TPSA) is 35.2 Å². The molecule has 0 aliphatic carbocycles. The number of ether oxygens (including phenoxy) is 1. The van der Waals surface area contributed by atoms with E-state index in [-0.39, 0.29) is 18.0 Å². The van der Waals surface area contributed by atoms with E-state index in [1.807, 2.05) is 37.3 Å². The van der Waals surface area contributed by atoms with Crippen LogP contribution in [0.4, 0.5) is 4.39 Å². The third kappa shape index (κ3) is 3.89. The Morgan fingerprint density at radius 2 is 1.70 bits per heavy atom. The molecule has 0 saturated carbocycles. The highest BCUT2D eigenvalue weighted by Gasteiger charge is 2.20. The van der Waals surface area contributed by atoms with Crippen molar-refractivity contribution in [2.75, 3.05) is 6.61 Å². The van der Waals surface area contributed by atoms with E-state index in [0.29, 0.717) is 13.0 Å². The summed E-state index contributed by atoms with van der Waals surface area (Å²) >= 11 is 0. The third-order valence-electron chi connectivity index (χ3n) is 3.25. The molecular weight excluding hydrogens is 253 g/mol. The maximum absolute atomic E-state index is 12.9. The molecule has 2 aromatic carbocycles. The third-order valence-corrected chi connectivity index (χ3v) is 3.25. The first-order chi connectivity index (χ1) is 9.70. The van der Waals surface area contributed by atoms with Gasteiger partial charge < -0.3 is 10.5 Å². The Morgan fingerprint density at radius 3 is 2.30 bits per heavy atom. The van der Waals surface area contributed by atoms with Crippen LogP contribution in [0, 0.1) is 5.82 Å². The summed E-state index contributed by atoms with van der Waals surface area (Å²) in [6, 6.07) is 16.3. The minimum atomic E-state index is -0.230. The summed E-state index contributed by atoms with van der Waals surface area (Å²) in [4.78, 5) is 0. The zero-order valence-electron chi connectivity index (χ0n) is 11.6. The van der Waals surface area contributed by atoms with Gasteiger partial charge >= 0.3 is 0 Å². The number of rotatable bonds is 6. The van der Waals surface area contributed by atoms with Crippen LogP contribution in [0.3, 0.4) is 0 Å². The molecule has 0 fully saturated rings. The van der Waals surface area contributed by atoms with Crippen LogP contribution in [-0.2, 0) is 11.2 Å². The molecular formula is C17H20FNO. The van der Waals surface area contributed by atoms with Crippen LogP contribution in [0.2, 0.25) is 0 Å². The highest BCUT2D eigenvalue weighted by Crippen LogP contribution is 2.22. The van der Waals surface area contributed by atoms with Crippen LogP contribution in [0.15, 0.2) is 54.6 Å². The van der Waals surface area contributed by atoms with Crippen molar-refractivity contribution in [3.63, 3.8) is 0 Å². The van der Waals surface area contributed by atoms with E-state index in [0.717, 1.165) is 11.1 Å². The van der Waals surface area contributed by atoms with Gasteiger partial charge in [0.15, 0.2) is 0 Å². The second-order valence-corrected chi connectivity index (χ2v) is 4.78. The highest BCUT2D eigenvalue weighted by molar-refractivity contribution is 5.22. The van der Waals surface area contributed by atoms with Gasteiger partial charge in [0.1, 0.15) is 5.82 Å². The molecule has 0 amide bonds. The SMILES string of the molecule is CCOC(c1ccccc1)C(N)Cc1ccc(F)cc1. The van der Waals surface area contributed by atoms with Crippen molar-refractivity contribution in [3.05, 3.63) is 71.5 Å². The monoisotopic (exact) mass is 273 g/mol. The molecule has 0 aliphatic rings. The first kappa shape index (κ1) is 14.7. The van der Waals surface area contributed by atoms with Crippen LogP contribution in [0.5, 0.6) is 0 Å². The molecule has 2 unspecified atom stereocenters. The Kier molecular flexibility index (Phi) is 5.27. The van der Waals surface area contributed by atoms with Gasteiger partial charge in [-0.3, -0.25) is 0 Å². The van der Waals surface area contributed by atoms with E-state index in [2.05, 4.69) is 0 Å². The van der Waals surface area contributed by atoms with E-state index in [4.69, 9.17) is 10.5 Å². The molecule has 0 heterocycles. The standard InChI is InChI=1S/C17H20FNO/c1-2-20-17(14-6-4-3-5-7-14)16(19)12-13-8-10-15(18)11-9-13/h3-11,16-17H,2,12,19H2,1H3. The molecule has 2 rings (SSSR count). The van der Waals surface area contributed by atoms with E-state index < -0.39 is 0 Å². The van der Waals surface area contributed by atoms with Gasteiger partial charge in [0.25, 0.3) is 0 Å². The normalized spacial score (nSPS) is 13.9. The fourth-order valence-corrected chi connectivity index (χ4v) is 2.29. The summed E-state index contributed by atoms with van der Waals surface area (Å²) in [7, 11) is 0. The Bertz CT molecular complexity index is 512. The van der Waals surface area contributed by atoms with Crippen molar-refractivity contribution >= 4 is 0 Å². The van der Waals surface area contributed by atoms with Gasteiger partial charge in [0, 0.05) is 12.6 Å². The molecule has 2 aromatic rings. The molecule has 0 aliphatic heterocycles. The van der Waals surface area contributed by atoms with Crippen molar-refractivity contribution in [2.45, 2.75) is 25.5 Å². The van der Waals surface area contributed by atoms with Gasteiger partial charge in [0.05, 0.1) is 6.10 Å². The Balaban J connectivity index is 2.11. The van der Waals surface area contributed by atoms with Crippen LogP contribution in [0.25, 0.3) is 0 Å². The molecule has 0 bridgehead atoms. The van der Waals surface area contributed by atoms with Crippen LogP contribution < -0.4 is 5.73 Å². The summed E-state index contributed by atoms with van der Waals surface area (Å²) < 4.78 is 18.7. The lowest BCUT2D eigenvalue weighted by Gasteiger charge is -2.24. The van der Waals surface area contributed by atoms with Crippen molar-refractivity contribution in [2.24, 2.45) is 5.73 Å². The van der Waals surface area contributed by atoms with Crippen molar-refractivity contribution < 1.29 is 9.13 Å². The zero-order chi connectivity index (χ0) is 14.4. The van der Waals surface area contributed by atoms with Gasteiger partial charge in [-0.15, -0.1) is 0 Å². The zero-order valence-corrected chi connectivity index (χ0v) is 11.6. The molecule has 0 spiro atoms. The summed E-state index contributed by atoms with van der Waals surface area (Å²) in [5.74, 6) is -0.230. The lowest BCUT2D eigenvalue weighted by Crippen LogP contribution is -2.32. The van der Waals surface area contributed by atoms with Crippen molar-refractivity contribution in [3.8, 4) is 0 Å². The molecule has 2 nitrogen and oxygen atoms in total. The molecule has 2 N–H and O–H groups in total. The Hall–Kier alpha value is -1.71. The quantitative estimate of drug-likeness (QED) is 0.874. The fourth-order valence-electron chi connectivity index (χ4n) is 2.29. The minimum absolute atomic E-state index is 0.147. The van der Waals surface area contributed by atoms with Gasteiger partial charge in [-0.2, -0.15) is 0 Å². The predicted molar refractivity (Wildman–Crippen MR) is 78.9 cm³/mol. The van der Waals surface area contributed by atoms with Gasteiger partial charge in [-0.25, -0.2) is 4.39 Å². The molecule has 106 valence electrons. The van der Waals surface area contributed by atoms with Gasteiger partial charge in [-0.05, 0) is 36.6 Å². The van der Waals surface area contributed by atoms with E-state index in [9.17, 15) is 4.39 Å². The van der Waals surface area contributed by atoms with Crippen molar-refractivity contribution in [1.82, 2.24) is 0 Å². The summed E-state index contributed by atoms with van der Waals surface area (Å²) in [5.41, 5.74) is 8.37. The molecule has 20 heavy (non-hydrogen) atoms. The molecule has 0 radical (unpaired) electrons. The summed E-state index contributed by atoms with van der Waals surface area (Å²) in [5, 5.41) is 0. The molecule has 3 heteroatoms. The van der Waals surface area contributed by atoms with Crippen LogP contribution in [0.1, 0.15) is 24.2 Å². The maximum atomic E-state index is 12.9. The smallest absolute Gasteiger partial charge is 0.123 e. The average Bonchev–Trinajstić information content (AvgIpc) is 2.48. The van der Waals surface area contributed by atoms with E-state index >= 15 is 0 Å². The first-order valence-corrected chi connectivity index (χ1v) is 6.87. The number of nitrogens with two attached hydrogens (primary N) is 1. The van der Waals surface area contributed by atoms with E-state index in [1.54, 1.807) is 12.1 Å². The average molecular weight is 273 g/mol. The molecule has 0 aromatic heterocycles. The summed E-state index contributed by atoms with van der Waals surface area (Å²) in [6.45, 7) is 2.57. The van der Waals surface area contributed by atoms with Gasteiger partial charge in [0.2, 0.25) is 0 Å². The minimum Gasteiger partial charge on any atom is -0.372 e. The molecule has 2 atom stereocenters. The summed E-state index contributed by atoms with van der Waals surface area (Å²) in [6.07, 6.45) is 0.506. The fraction of sp³-hybridized carbons (Fsp3) is 0.294. The van der Waals surface area contributed by atoms with Crippen LogP contribution >= 0.6 is 0 Å². The second kappa shape index (κ2) is 7.17. The Labute approximate surface area is 119 Å². The van der Waals surface area contributed by atoms with E-state index in [1.165, 1.54) is 12.1 Å². The van der Waals surface area contributed by atoms with Crippen LogP contribution in [-0.4, -0.2) is 12.6 Å². The number of hydrogen-bond acceptors (Lipinski definition) is 2. The lowest BCUT2D eigenvalue weighted by molar-refractivity contribution is 0.0433. The second-order valence-electron chi connectivity index (χ2n) is 4.78. The van der Waals surface area contributed by atoms with Crippen molar-refractivity contribution in [1.29, 1.82) is 0 Å². The van der Waals surface area contributed by atoms with Gasteiger partial charge in [-0.1, -0.05) is 42.5 Å².